The van der Waals surface area contributed by atoms with Crippen LogP contribution in [0, 0.1) is 0 Å². The van der Waals surface area contributed by atoms with Crippen molar-refractivity contribution >= 4 is 43.2 Å². The number of thiophene rings is 1. The highest BCUT2D eigenvalue weighted by molar-refractivity contribution is 9.12. The van der Waals surface area contributed by atoms with Crippen LogP contribution in [0.15, 0.2) is 13.6 Å². The van der Waals surface area contributed by atoms with Gasteiger partial charge in [0, 0.05) is 6.04 Å². The van der Waals surface area contributed by atoms with Gasteiger partial charge in [0.05, 0.1) is 7.57 Å². The van der Waals surface area contributed by atoms with Gasteiger partial charge in [-0.05, 0) is 49.9 Å². The Hall–Kier alpha value is 0.620. The van der Waals surface area contributed by atoms with Crippen molar-refractivity contribution in [3.05, 3.63) is 19.2 Å². The Morgan fingerprint density at radius 3 is 2.28 bits per heavy atom. The van der Waals surface area contributed by atoms with Crippen molar-refractivity contribution < 1.29 is 0 Å². The fourth-order valence-corrected chi connectivity index (χ4v) is 5.08. The molecule has 1 unspecified atom stereocenters. The Balaban J connectivity index is 2.14. The van der Waals surface area contributed by atoms with Gasteiger partial charge in [0.1, 0.15) is 0 Å². The molecule has 104 valence electrons. The Bertz CT molecular complexity index is 339. The molecule has 0 saturated heterocycles. The van der Waals surface area contributed by atoms with Crippen LogP contribution in [0.3, 0.4) is 0 Å². The lowest BCUT2D eigenvalue weighted by atomic mass is 10.0. The van der Waals surface area contributed by atoms with Crippen molar-refractivity contribution in [1.82, 2.24) is 0 Å². The standard InChI is InChI=1S/C14H23Br2NS/c1-2-3-4-5-6-7-8-9-12(17)11-10-13(15)18-14(11)16/h10,12H,2-9,17H2,1H3. The van der Waals surface area contributed by atoms with Crippen LogP contribution in [0.25, 0.3) is 0 Å². The smallest absolute Gasteiger partial charge is 0.0758 e. The van der Waals surface area contributed by atoms with E-state index in [1.807, 2.05) is 0 Å². The average Bonchev–Trinajstić information content (AvgIpc) is 2.67. The third kappa shape index (κ3) is 6.18. The van der Waals surface area contributed by atoms with Gasteiger partial charge >= 0.3 is 0 Å². The van der Waals surface area contributed by atoms with Crippen LogP contribution in [-0.2, 0) is 0 Å². The van der Waals surface area contributed by atoms with Crippen LogP contribution in [-0.4, -0.2) is 0 Å². The highest BCUT2D eigenvalue weighted by Gasteiger charge is 2.12. The minimum atomic E-state index is 0.178. The fourth-order valence-electron chi connectivity index (χ4n) is 2.08. The second kappa shape index (κ2) is 9.51. The number of hydrogen-bond acceptors (Lipinski definition) is 2. The van der Waals surface area contributed by atoms with Gasteiger partial charge in [0.15, 0.2) is 0 Å². The zero-order chi connectivity index (χ0) is 13.4. The summed E-state index contributed by atoms with van der Waals surface area (Å²) < 4.78 is 2.32. The SMILES string of the molecule is CCCCCCCCCC(N)c1cc(Br)sc1Br. The monoisotopic (exact) mass is 395 g/mol. The largest absolute Gasteiger partial charge is 0.324 e. The van der Waals surface area contributed by atoms with Crippen LogP contribution in [0.2, 0.25) is 0 Å². The van der Waals surface area contributed by atoms with Gasteiger partial charge in [-0.25, -0.2) is 0 Å². The van der Waals surface area contributed by atoms with Gasteiger partial charge in [-0.15, -0.1) is 11.3 Å². The molecule has 0 spiro atoms. The lowest BCUT2D eigenvalue weighted by Crippen LogP contribution is -2.09. The molecule has 0 aliphatic heterocycles. The molecule has 2 N–H and O–H groups in total. The number of nitrogens with two attached hydrogens (primary N) is 1. The van der Waals surface area contributed by atoms with Crippen molar-refractivity contribution in [2.75, 3.05) is 0 Å². The van der Waals surface area contributed by atoms with Crippen molar-refractivity contribution in [1.29, 1.82) is 0 Å². The van der Waals surface area contributed by atoms with E-state index in [4.69, 9.17) is 5.73 Å². The highest BCUT2D eigenvalue weighted by atomic mass is 79.9. The van der Waals surface area contributed by atoms with Crippen LogP contribution < -0.4 is 5.73 Å². The maximum Gasteiger partial charge on any atom is 0.0758 e. The summed E-state index contributed by atoms with van der Waals surface area (Å²) in [4.78, 5) is 0. The first-order valence-electron chi connectivity index (χ1n) is 6.85. The average molecular weight is 397 g/mol. The number of halogens is 2. The van der Waals surface area contributed by atoms with Crippen molar-refractivity contribution in [3.8, 4) is 0 Å². The summed E-state index contributed by atoms with van der Waals surface area (Å²) >= 11 is 8.78. The third-order valence-electron chi connectivity index (χ3n) is 3.20. The van der Waals surface area contributed by atoms with E-state index < -0.39 is 0 Å². The molecule has 1 atom stereocenters. The van der Waals surface area contributed by atoms with E-state index in [0.717, 1.165) is 10.2 Å². The van der Waals surface area contributed by atoms with Crippen molar-refractivity contribution in [2.24, 2.45) is 5.73 Å². The normalized spacial score (nSPS) is 12.9. The van der Waals surface area contributed by atoms with Crippen molar-refractivity contribution in [3.63, 3.8) is 0 Å². The molecule has 1 aromatic heterocycles. The molecule has 0 aromatic carbocycles. The zero-order valence-electron chi connectivity index (χ0n) is 11.1. The molecule has 4 heteroatoms. The summed E-state index contributed by atoms with van der Waals surface area (Å²) in [7, 11) is 0. The first-order chi connectivity index (χ1) is 8.65. The predicted molar refractivity (Wildman–Crippen MR) is 89.3 cm³/mol. The summed E-state index contributed by atoms with van der Waals surface area (Å²) in [5.41, 5.74) is 7.48. The van der Waals surface area contributed by atoms with Crippen LogP contribution >= 0.6 is 43.2 Å². The van der Waals surface area contributed by atoms with E-state index in [0.29, 0.717) is 0 Å². The number of unbranched alkanes of at least 4 members (excludes halogenated alkanes) is 6. The molecule has 1 aromatic rings. The molecule has 1 nitrogen and oxygen atoms in total. The molecule has 0 radical (unpaired) electrons. The van der Waals surface area contributed by atoms with E-state index in [9.17, 15) is 0 Å². The minimum Gasteiger partial charge on any atom is -0.324 e. The molecule has 1 rings (SSSR count). The number of rotatable bonds is 9. The lowest BCUT2D eigenvalue weighted by Gasteiger charge is -2.10. The topological polar surface area (TPSA) is 26.0 Å². The first kappa shape index (κ1) is 16.7. The summed E-state index contributed by atoms with van der Waals surface area (Å²) in [6, 6.07) is 2.32. The summed E-state index contributed by atoms with van der Waals surface area (Å²) in [5, 5.41) is 0. The molecule has 0 fully saturated rings. The summed E-state index contributed by atoms with van der Waals surface area (Å²) in [6.07, 6.45) is 10.5. The van der Waals surface area contributed by atoms with Gasteiger partial charge in [-0.3, -0.25) is 0 Å². The van der Waals surface area contributed by atoms with E-state index in [-0.39, 0.29) is 6.04 Å². The fraction of sp³-hybridized carbons (Fsp3) is 0.714. The highest BCUT2D eigenvalue weighted by Crippen LogP contribution is 2.36. The molecule has 0 aliphatic rings. The molecule has 0 amide bonds. The van der Waals surface area contributed by atoms with Gasteiger partial charge in [0.2, 0.25) is 0 Å². The Kier molecular flexibility index (Phi) is 8.81. The van der Waals surface area contributed by atoms with E-state index in [2.05, 4.69) is 44.8 Å². The zero-order valence-corrected chi connectivity index (χ0v) is 15.0. The van der Waals surface area contributed by atoms with Gasteiger partial charge < -0.3 is 5.73 Å². The van der Waals surface area contributed by atoms with E-state index >= 15 is 0 Å². The Labute approximate surface area is 132 Å². The molecule has 18 heavy (non-hydrogen) atoms. The molecule has 0 saturated carbocycles. The van der Waals surface area contributed by atoms with Gasteiger partial charge in [-0.2, -0.15) is 0 Å². The van der Waals surface area contributed by atoms with Gasteiger partial charge in [-0.1, -0.05) is 51.9 Å². The molecule has 0 bridgehead atoms. The molecule has 0 aliphatic carbocycles. The molecular formula is C14H23Br2NS. The van der Waals surface area contributed by atoms with Crippen LogP contribution in [0.1, 0.15) is 69.9 Å². The third-order valence-corrected chi connectivity index (χ3v) is 5.59. The van der Waals surface area contributed by atoms with Crippen molar-refractivity contribution in [2.45, 2.75) is 64.3 Å². The first-order valence-corrected chi connectivity index (χ1v) is 9.25. The van der Waals surface area contributed by atoms with Gasteiger partial charge in [0.25, 0.3) is 0 Å². The maximum atomic E-state index is 6.23. The van der Waals surface area contributed by atoms with Crippen LogP contribution in [0.4, 0.5) is 0 Å². The summed E-state index contributed by atoms with van der Waals surface area (Å²) in [6.45, 7) is 2.26. The molecular weight excluding hydrogens is 374 g/mol. The second-order valence-corrected chi connectivity index (χ2v) is 8.55. The van der Waals surface area contributed by atoms with E-state index in [1.165, 1.54) is 54.3 Å². The lowest BCUT2D eigenvalue weighted by molar-refractivity contribution is 0.541. The summed E-state index contributed by atoms with van der Waals surface area (Å²) in [5.74, 6) is 0. The minimum absolute atomic E-state index is 0.178. The van der Waals surface area contributed by atoms with E-state index in [1.54, 1.807) is 11.3 Å². The molecule has 1 heterocycles. The predicted octanol–water partition coefficient (Wildman–Crippen LogP) is 6.41. The Morgan fingerprint density at radius 2 is 1.72 bits per heavy atom. The Morgan fingerprint density at radius 1 is 1.11 bits per heavy atom. The quantitative estimate of drug-likeness (QED) is 0.479. The maximum absolute atomic E-state index is 6.23. The second-order valence-electron chi connectivity index (χ2n) is 4.80. The number of hydrogen-bond donors (Lipinski definition) is 1. The van der Waals surface area contributed by atoms with Crippen LogP contribution in [0.5, 0.6) is 0 Å².